The van der Waals surface area contributed by atoms with Crippen LogP contribution < -0.4 is 4.74 Å². The highest BCUT2D eigenvalue weighted by atomic mass is 32.2. The molecule has 1 N–H and O–H groups in total. The minimum Gasteiger partial charge on any atom is -0.508 e. The van der Waals surface area contributed by atoms with E-state index < -0.39 is 0 Å². The van der Waals surface area contributed by atoms with Gasteiger partial charge in [0.25, 0.3) is 5.91 Å². The fourth-order valence-electron chi connectivity index (χ4n) is 2.27. The fraction of sp³-hybridized carbons (Fsp3) is 0.111. The molecule has 0 aliphatic carbocycles. The molecule has 0 aromatic heterocycles. The topological polar surface area (TPSA) is 49.8 Å². The number of benzene rings is 2. The van der Waals surface area contributed by atoms with E-state index in [1.165, 1.54) is 11.8 Å². The van der Waals surface area contributed by atoms with Crippen LogP contribution in [0.3, 0.4) is 0 Å². The van der Waals surface area contributed by atoms with E-state index in [0.29, 0.717) is 15.8 Å². The Bertz CT molecular complexity index is 798. The average molecular weight is 357 g/mol. The number of methoxy groups -OCH3 is 1. The van der Waals surface area contributed by atoms with Gasteiger partial charge in [0, 0.05) is 0 Å². The van der Waals surface area contributed by atoms with E-state index in [2.05, 4.69) is 0 Å². The Labute approximate surface area is 149 Å². The zero-order valence-electron chi connectivity index (χ0n) is 12.9. The normalized spacial score (nSPS) is 16.0. The maximum atomic E-state index is 12.6. The molecule has 0 unspecified atom stereocenters. The molecule has 1 aliphatic heterocycles. The van der Waals surface area contributed by atoms with Gasteiger partial charge < -0.3 is 9.84 Å². The highest BCUT2D eigenvalue weighted by molar-refractivity contribution is 8.26. The Morgan fingerprint density at radius 1 is 1.17 bits per heavy atom. The first kappa shape index (κ1) is 16.5. The number of ether oxygens (including phenoxy) is 1. The summed E-state index contributed by atoms with van der Waals surface area (Å²) >= 11 is 6.63. The first-order valence-electron chi connectivity index (χ1n) is 7.24. The van der Waals surface area contributed by atoms with E-state index in [1.807, 2.05) is 24.3 Å². The minimum atomic E-state index is -0.103. The molecule has 1 aliphatic rings. The van der Waals surface area contributed by atoms with E-state index in [-0.39, 0.29) is 11.7 Å². The third-order valence-corrected chi connectivity index (χ3v) is 4.94. The SMILES string of the molecule is COc1ccc(CN2C(=O)/C(=C/c3ccc(O)cc3)SC2=S)cc1. The van der Waals surface area contributed by atoms with Crippen LogP contribution in [-0.2, 0) is 11.3 Å². The molecule has 1 fully saturated rings. The zero-order valence-corrected chi connectivity index (χ0v) is 14.6. The second kappa shape index (κ2) is 7.07. The number of aromatic hydroxyl groups is 1. The smallest absolute Gasteiger partial charge is 0.266 e. The molecule has 0 atom stereocenters. The molecule has 2 aromatic carbocycles. The van der Waals surface area contributed by atoms with Crippen molar-refractivity contribution in [3.63, 3.8) is 0 Å². The number of hydrogen-bond acceptors (Lipinski definition) is 5. The lowest BCUT2D eigenvalue weighted by Gasteiger charge is -2.14. The number of thioether (sulfide) groups is 1. The average Bonchev–Trinajstić information content (AvgIpc) is 2.85. The van der Waals surface area contributed by atoms with Crippen LogP contribution in [-0.4, -0.2) is 27.3 Å². The Hall–Kier alpha value is -2.31. The molecule has 1 heterocycles. The Morgan fingerprint density at radius 3 is 2.46 bits per heavy atom. The predicted octanol–water partition coefficient (Wildman–Crippen LogP) is 3.80. The second-order valence-corrected chi connectivity index (χ2v) is 6.88. The maximum absolute atomic E-state index is 12.6. The quantitative estimate of drug-likeness (QED) is 0.666. The Balaban J connectivity index is 1.77. The minimum absolute atomic E-state index is 0.103. The molecule has 0 radical (unpaired) electrons. The Kier molecular flexibility index (Phi) is 4.87. The van der Waals surface area contributed by atoms with Gasteiger partial charge in [0.05, 0.1) is 18.6 Å². The lowest BCUT2D eigenvalue weighted by atomic mass is 10.2. The molecule has 1 saturated heterocycles. The van der Waals surface area contributed by atoms with Crippen LogP contribution in [0.15, 0.2) is 53.4 Å². The van der Waals surface area contributed by atoms with Crippen molar-refractivity contribution in [2.45, 2.75) is 6.54 Å². The molecule has 3 rings (SSSR count). The van der Waals surface area contributed by atoms with Crippen LogP contribution in [0.4, 0.5) is 0 Å². The van der Waals surface area contributed by atoms with Gasteiger partial charge in [-0.2, -0.15) is 0 Å². The molecule has 1 amide bonds. The highest BCUT2D eigenvalue weighted by Gasteiger charge is 2.31. The number of carbonyl (C=O) groups excluding carboxylic acids is 1. The van der Waals surface area contributed by atoms with Gasteiger partial charge in [-0.25, -0.2) is 0 Å². The number of hydrogen-bond donors (Lipinski definition) is 1. The summed E-state index contributed by atoms with van der Waals surface area (Å²) < 4.78 is 5.68. The monoisotopic (exact) mass is 357 g/mol. The van der Waals surface area contributed by atoms with Gasteiger partial charge in [-0.1, -0.05) is 48.2 Å². The number of thiocarbonyl (C=S) groups is 1. The number of carbonyl (C=O) groups is 1. The van der Waals surface area contributed by atoms with Crippen LogP contribution in [0.2, 0.25) is 0 Å². The summed E-state index contributed by atoms with van der Waals surface area (Å²) in [5.74, 6) is 0.865. The highest BCUT2D eigenvalue weighted by Crippen LogP contribution is 2.33. The van der Waals surface area contributed by atoms with Crippen molar-refractivity contribution >= 4 is 40.3 Å². The summed E-state index contributed by atoms with van der Waals surface area (Å²) in [6, 6.07) is 14.2. The van der Waals surface area contributed by atoms with Crippen molar-refractivity contribution in [2.24, 2.45) is 0 Å². The molecule has 0 spiro atoms. The Morgan fingerprint density at radius 2 is 1.83 bits per heavy atom. The number of amides is 1. The fourth-order valence-corrected chi connectivity index (χ4v) is 3.53. The standard InChI is InChI=1S/C18H15NO3S2/c1-22-15-8-4-13(5-9-15)11-19-17(21)16(24-18(19)23)10-12-2-6-14(20)7-3-12/h2-10,20H,11H2,1H3/b16-10-. The van der Waals surface area contributed by atoms with Crippen LogP contribution in [0.1, 0.15) is 11.1 Å². The van der Waals surface area contributed by atoms with Crippen molar-refractivity contribution in [1.29, 1.82) is 0 Å². The van der Waals surface area contributed by atoms with Crippen molar-refractivity contribution < 1.29 is 14.6 Å². The first-order chi connectivity index (χ1) is 11.6. The summed E-state index contributed by atoms with van der Waals surface area (Å²) in [4.78, 5) is 14.8. The summed E-state index contributed by atoms with van der Waals surface area (Å²) in [7, 11) is 1.62. The van der Waals surface area contributed by atoms with Crippen LogP contribution in [0.25, 0.3) is 6.08 Å². The van der Waals surface area contributed by atoms with Gasteiger partial charge in [-0.05, 0) is 41.5 Å². The summed E-state index contributed by atoms with van der Waals surface area (Å²) in [6.07, 6.45) is 1.78. The zero-order chi connectivity index (χ0) is 17.1. The molecule has 6 heteroatoms. The molecule has 122 valence electrons. The van der Waals surface area contributed by atoms with E-state index in [1.54, 1.807) is 42.4 Å². The van der Waals surface area contributed by atoms with Gasteiger partial charge in [0.15, 0.2) is 0 Å². The largest absolute Gasteiger partial charge is 0.508 e. The summed E-state index contributed by atoms with van der Waals surface area (Å²) in [5, 5.41) is 9.32. The molecular formula is C18H15NO3S2. The van der Waals surface area contributed by atoms with E-state index in [4.69, 9.17) is 17.0 Å². The lowest BCUT2D eigenvalue weighted by molar-refractivity contribution is -0.122. The molecular weight excluding hydrogens is 342 g/mol. The maximum Gasteiger partial charge on any atom is 0.266 e. The third-order valence-electron chi connectivity index (χ3n) is 3.56. The molecule has 24 heavy (non-hydrogen) atoms. The van der Waals surface area contributed by atoms with Crippen molar-refractivity contribution in [2.75, 3.05) is 7.11 Å². The summed E-state index contributed by atoms with van der Waals surface area (Å²) in [5.41, 5.74) is 1.83. The molecule has 0 saturated carbocycles. The molecule has 0 bridgehead atoms. The van der Waals surface area contributed by atoms with Crippen molar-refractivity contribution in [3.05, 3.63) is 64.6 Å². The number of nitrogens with zero attached hydrogens (tertiary/aromatic N) is 1. The van der Waals surface area contributed by atoms with Gasteiger partial charge in [-0.3, -0.25) is 9.69 Å². The molecule has 2 aromatic rings. The second-order valence-electron chi connectivity index (χ2n) is 5.21. The van der Waals surface area contributed by atoms with Crippen LogP contribution in [0, 0.1) is 0 Å². The van der Waals surface area contributed by atoms with Gasteiger partial charge in [0.2, 0.25) is 0 Å². The summed E-state index contributed by atoms with van der Waals surface area (Å²) in [6.45, 7) is 0.432. The first-order valence-corrected chi connectivity index (χ1v) is 8.46. The van der Waals surface area contributed by atoms with Gasteiger partial charge >= 0.3 is 0 Å². The van der Waals surface area contributed by atoms with Gasteiger partial charge in [-0.15, -0.1) is 0 Å². The molecule has 4 nitrogen and oxygen atoms in total. The van der Waals surface area contributed by atoms with E-state index in [9.17, 15) is 9.90 Å². The number of phenols is 1. The number of phenolic OH excluding ortho intramolecular Hbond substituents is 1. The van der Waals surface area contributed by atoms with Crippen molar-refractivity contribution in [1.82, 2.24) is 4.90 Å². The predicted molar refractivity (Wildman–Crippen MR) is 99.8 cm³/mol. The third kappa shape index (κ3) is 3.60. The lowest BCUT2D eigenvalue weighted by Crippen LogP contribution is -2.27. The van der Waals surface area contributed by atoms with Crippen LogP contribution >= 0.6 is 24.0 Å². The van der Waals surface area contributed by atoms with Crippen molar-refractivity contribution in [3.8, 4) is 11.5 Å². The van der Waals surface area contributed by atoms with E-state index in [0.717, 1.165) is 16.9 Å². The van der Waals surface area contributed by atoms with E-state index >= 15 is 0 Å². The van der Waals surface area contributed by atoms with Crippen LogP contribution in [0.5, 0.6) is 11.5 Å². The number of rotatable bonds is 4. The van der Waals surface area contributed by atoms with Gasteiger partial charge in [0.1, 0.15) is 15.8 Å².